The Balaban J connectivity index is 2.63. The maximum atomic E-state index is 13.9. The molecule has 1 aromatic carbocycles. The highest BCUT2D eigenvalue weighted by molar-refractivity contribution is 5.17. The summed E-state index contributed by atoms with van der Waals surface area (Å²) in [6.45, 7) is 12.3. The minimum absolute atomic E-state index is 0.192. The van der Waals surface area contributed by atoms with Crippen molar-refractivity contribution in [2.45, 2.75) is 59.3 Å². The van der Waals surface area contributed by atoms with Crippen molar-refractivity contribution in [3.05, 3.63) is 35.6 Å². The standard InChI is InChI=1S/C19H32FNO2/c1-15(2)10-11-21(12-16-8-6-7-9-18(16)20)13-17(22)14-23-19(3,4)5/h6-9,15,17,22H,10-14H2,1-5H3. The number of hydrogen-bond donors (Lipinski definition) is 1. The lowest BCUT2D eigenvalue weighted by molar-refractivity contribution is -0.0569. The van der Waals surface area contributed by atoms with Crippen LogP contribution in [0.4, 0.5) is 4.39 Å². The second-order valence-corrected chi connectivity index (χ2v) is 7.59. The van der Waals surface area contributed by atoms with Crippen molar-refractivity contribution in [3.63, 3.8) is 0 Å². The fraction of sp³-hybridized carbons (Fsp3) is 0.684. The Bertz CT molecular complexity index is 457. The molecule has 1 rings (SSSR count). The Morgan fingerprint density at radius 2 is 1.87 bits per heavy atom. The molecule has 0 heterocycles. The number of rotatable bonds is 9. The number of aliphatic hydroxyl groups excluding tert-OH is 1. The van der Waals surface area contributed by atoms with Gasteiger partial charge in [0.1, 0.15) is 5.82 Å². The molecule has 0 aromatic heterocycles. The summed E-state index contributed by atoms with van der Waals surface area (Å²) in [7, 11) is 0. The van der Waals surface area contributed by atoms with Crippen LogP contribution in [0.25, 0.3) is 0 Å². The van der Waals surface area contributed by atoms with Crippen LogP contribution < -0.4 is 0 Å². The van der Waals surface area contributed by atoms with Gasteiger partial charge in [-0.05, 0) is 45.7 Å². The molecule has 0 aliphatic carbocycles. The predicted octanol–water partition coefficient (Wildman–Crippen LogP) is 3.85. The summed E-state index contributed by atoms with van der Waals surface area (Å²) in [6, 6.07) is 6.83. The van der Waals surface area contributed by atoms with E-state index in [1.807, 2.05) is 26.8 Å². The van der Waals surface area contributed by atoms with Crippen LogP contribution in [0.3, 0.4) is 0 Å². The van der Waals surface area contributed by atoms with Crippen LogP contribution >= 0.6 is 0 Å². The molecule has 23 heavy (non-hydrogen) atoms. The maximum Gasteiger partial charge on any atom is 0.127 e. The third kappa shape index (κ3) is 9.04. The smallest absolute Gasteiger partial charge is 0.127 e. The lowest BCUT2D eigenvalue weighted by Crippen LogP contribution is -2.37. The molecule has 1 atom stereocenters. The van der Waals surface area contributed by atoms with Crippen molar-refractivity contribution in [1.82, 2.24) is 4.90 Å². The van der Waals surface area contributed by atoms with E-state index < -0.39 is 6.10 Å². The average Bonchev–Trinajstić information content (AvgIpc) is 2.44. The largest absolute Gasteiger partial charge is 0.389 e. The van der Waals surface area contributed by atoms with E-state index in [9.17, 15) is 9.50 Å². The van der Waals surface area contributed by atoms with E-state index in [0.29, 0.717) is 31.2 Å². The Morgan fingerprint density at radius 1 is 1.22 bits per heavy atom. The van der Waals surface area contributed by atoms with Crippen LogP contribution in [0.2, 0.25) is 0 Å². The zero-order chi connectivity index (χ0) is 17.5. The topological polar surface area (TPSA) is 32.7 Å². The zero-order valence-electron chi connectivity index (χ0n) is 15.2. The highest BCUT2D eigenvalue weighted by atomic mass is 19.1. The molecule has 0 saturated heterocycles. The number of ether oxygens (including phenoxy) is 1. The molecular formula is C19H32FNO2. The van der Waals surface area contributed by atoms with Crippen LogP contribution in [0.15, 0.2) is 24.3 Å². The molecule has 1 unspecified atom stereocenters. The van der Waals surface area contributed by atoms with Crippen molar-refractivity contribution in [3.8, 4) is 0 Å². The summed E-state index contributed by atoms with van der Waals surface area (Å²) in [4.78, 5) is 2.11. The first kappa shape index (κ1) is 20.1. The van der Waals surface area contributed by atoms with Gasteiger partial charge in [-0.3, -0.25) is 4.90 Å². The van der Waals surface area contributed by atoms with Gasteiger partial charge in [0.25, 0.3) is 0 Å². The van der Waals surface area contributed by atoms with Crippen molar-refractivity contribution in [2.75, 3.05) is 19.7 Å². The normalized spacial score (nSPS) is 13.8. The first-order valence-corrected chi connectivity index (χ1v) is 8.45. The van der Waals surface area contributed by atoms with Gasteiger partial charge in [0.05, 0.1) is 18.3 Å². The third-order valence-electron chi connectivity index (χ3n) is 3.55. The third-order valence-corrected chi connectivity index (χ3v) is 3.55. The number of halogens is 1. The summed E-state index contributed by atoms with van der Waals surface area (Å²) >= 11 is 0. The summed E-state index contributed by atoms with van der Waals surface area (Å²) < 4.78 is 19.5. The van der Waals surface area contributed by atoms with Crippen LogP contribution in [-0.2, 0) is 11.3 Å². The SMILES string of the molecule is CC(C)CCN(Cc1ccccc1F)CC(O)COC(C)(C)C. The molecule has 4 heteroatoms. The Labute approximate surface area is 140 Å². The lowest BCUT2D eigenvalue weighted by Gasteiger charge is -2.28. The van der Waals surface area contributed by atoms with Crippen molar-refractivity contribution in [1.29, 1.82) is 0 Å². The van der Waals surface area contributed by atoms with Gasteiger partial charge in [-0.2, -0.15) is 0 Å². The second kappa shape index (κ2) is 9.36. The molecule has 0 bridgehead atoms. The summed E-state index contributed by atoms with van der Waals surface area (Å²) in [5, 5.41) is 10.2. The number of aliphatic hydroxyl groups is 1. The van der Waals surface area contributed by atoms with Gasteiger partial charge >= 0.3 is 0 Å². The molecule has 0 aliphatic rings. The fourth-order valence-corrected chi connectivity index (χ4v) is 2.24. The van der Waals surface area contributed by atoms with Gasteiger partial charge in [-0.25, -0.2) is 4.39 Å². The molecule has 0 fully saturated rings. The van der Waals surface area contributed by atoms with E-state index in [1.54, 1.807) is 12.1 Å². The van der Waals surface area contributed by atoms with Gasteiger partial charge in [-0.1, -0.05) is 32.0 Å². The number of hydrogen-bond acceptors (Lipinski definition) is 3. The van der Waals surface area contributed by atoms with Crippen LogP contribution in [0, 0.1) is 11.7 Å². The molecule has 0 amide bonds. The second-order valence-electron chi connectivity index (χ2n) is 7.59. The lowest BCUT2D eigenvalue weighted by atomic mass is 10.1. The molecule has 0 aliphatic heterocycles. The predicted molar refractivity (Wildman–Crippen MR) is 92.8 cm³/mol. The van der Waals surface area contributed by atoms with Gasteiger partial charge < -0.3 is 9.84 Å². The molecule has 132 valence electrons. The molecule has 0 saturated carbocycles. The summed E-state index contributed by atoms with van der Waals surface area (Å²) in [5.41, 5.74) is 0.398. The number of benzene rings is 1. The molecule has 0 radical (unpaired) electrons. The van der Waals surface area contributed by atoms with E-state index in [2.05, 4.69) is 18.7 Å². The van der Waals surface area contributed by atoms with E-state index in [4.69, 9.17) is 4.74 Å². The van der Waals surface area contributed by atoms with Gasteiger partial charge in [0.2, 0.25) is 0 Å². The Hall–Kier alpha value is -0.970. The van der Waals surface area contributed by atoms with E-state index in [1.165, 1.54) is 6.07 Å². The maximum absolute atomic E-state index is 13.9. The van der Waals surface area contributed by atoms with Crippen LogP contribution in [-0.4, -0.2) is 41.4 Å². The van der Waals surface area contributed by atoms with Gasteiger partial charge in [0.15, 0.2) is 0 Å². The molecule has 0 spiro atoms. The Morgan fingerprint density at radius 3 is 2.43 bits per heavy atom. The van der Waals surface area contributed by atoms with Crippen molar-refractivity contribution < 1.29 is 14.2 Å². The first-order valence-electron chi connectivity index (χ1n) is 8.45. The molecule has 1 N–H and O–H groups in total. The quantitative estimate of drug-likeness (QED) is 0.748. The fourth-order valence-electron chi connectivity index (χ4n) is 2.24. The Kier molecular flexibility index (Phi) is 8.17. The minimum Gasteiger partial charge on any atom is -0.389 e. The highest BCUT2D eigenvalue weighted by Crippen LogP contribution is 2.13. The summed E-state index contributed by atoms with van der Waals surface area (Å²) in [5.74, 6) is 0.378. The van der Waals surface area contributed by atoms with Gasteiger partial charge in [-0.15, -0.1) is 0 Å². The average molecular weight is 325 g/mol. The van der Waals surface area contributed by atoms with Crippen molar-refractivity contribution in [2.24, 2.45) is 5.92 Å². The molecule has 1 aromatic rings. The monoisotopic (exact) mass is 325 g/mol. The molecule has 3 nitrogen and oxygen atoms in total. The van der Waals surface area contributed by atoms with Crippen molar-refractivity contribution >= 4 is 0 Å². The van der Waals surface area contributed by atoms with Crippen LogP contribution in [0.1, 0.15) is 46.6 Å². The first-order chi connectivity index (χ1) is 10.7. The van der Waals surface area contributed by atoms with E-state index >= 15 is 0 Å². The van der Waals surface area contributed by atoms with Gasteiger partial charge in [0, 0.05) is 18.7 Å². The molecular weight excluding hydrogens is 293 g/mol. The zero-order valence-corrected chi connectivity index (χ0v) is 15.2. The van der Waals surface area contributed by atoms with Crippen LogP contribution in [0.5, 0.6) is 0 Å². The number of nitrogens with zero attached hydrogens (tertiary/aromatic N) is 1. The summed E-state index contributed by atoms with van der Waals surface area (Å²) in [6.07, 6.45) is 0.439. The highest BCUT2D eigenvalue weighted by Gasteiger charge is 2.17. The minimum atomic E-state index is -0.576. The van der Waals surface area contributed by atoms with E-state index in [0.717, 1.165) is 13.0 Å². The van der Waals surface area contributed by atoms with E-state index in [-0.39, 0.29) is 11.4 Å².